The zero-order chi connectivity index (χ0) is 13.3. The molecule has 0 aromatic heterocycles. The fraction of sp³-hybridized carbons (Fsp3) is 0.538. The molecule has 18 heavy (non-hydrogen) atoms. The average Bonchev–Trinajstić information content (AvgIpc) is 2.43. The summed E-state index contributed by atoms with van der Waals surface area (Å²) in [5.41, 5.74) is 1.14. The third-order valence-corrected chi connectivity index (χ3v) is 5.69. The van der Waals surface area contributed by atoms with Gasteiger partial charge in [-0.2, -0.15) is 0 Å². The summed E-state index contributed by atoms with van der Waals surface area (Å²) in [6.07, 6.45) is 0.961. The van der Waals surface area contributed by atoms with E-state index in [1.165, 1.54) is 0 Å². The lowest BCUT2D eigenvalue weighted by Crippen LogP contribution is -2.44. The molecule has 0 atom stereocenters. The molecule has 0 heterocycles. The standard InChI is InChI=1S/C13H23NO3Si/c1-4-17-18(15-2,16-3)12-8-11-14-13-9-6-5-7-10-13/h5-7,9-10,14H,4,8,11-12H2,1-3H3. The van der Waals surface area contributed by atoms with Gasteiger partial charge in [-0.15, -0.1) is 0 Å². The fourth-order valence-corrected chi connectivity index (χ4v) is 3.80. The van der Waals surface area contributed by atoms with Crippen LogP contribution in [0.2, 0.25) is 6.04 Å². The molecule has 0 fully saturated rings. The normalized spacial score (nSPS) is 11.5. The van der Waals surface area contributed by atoms with Crippen molar-refractivity contribution < 1.29 is 13.3 Å². The highest BCUT2D eigenvalue weighted by atomic mass is 28.4. The minimum absolute atomic E-state index is 0.625. The highest BCUT2D eigenvalue weighted by molar-refractivity contribution is 6.60. The van der Waals surface area contributed by atoms with Crippen LogP contribution in [0.15, 0.2) is 30.3 Å². The molecular weight excluding hydrogens is 246 g/mol. The molecule has 0 radical (unpaired) electrons. The molecule has 1 N–H and O–H groups in total. The third kappa shape index (κ3) is 4.78. The maximum absolute atomic E-state index is 5.65. The molecular formula is C13H23NO3Si. The SMILES string of the molecule is CCO[Si](CCCNc1ccccc1)(OC)OC. The van der Waals surface area contributed by atoms with Crippen LogP contribution in [0.5, 0.6) is 0 Å². The Kier molecular flexibility index (Phi) is 6.96. The predicted molar refractivity (Wildman–Crippen MR) is 75.8 cm³/mol. The molecule has 5 heteroatoms. The molecule has 0 aliphatic carbocycles. The van der Waals surface area contributed by atoms with Gasteiger partial charge in [0, 0.05) is 39.1 Å². The number of anilines is 1. The molecule has 0 amide bonds. The van der Waals surface area contributed by atoms with Gasteiger partial charge in [-0.05, 0) is 25.5 Å². The average molecular weight is 269 g/mol. The topological polar surface area (TPSA) is 39.7 Å². The van der Waals surface area contributed by atoms with Crippen LogP contribution in [0.3, 0.4) is 0 Å². The summed E-state index contributed by atoms with van der Waals surface area (Å²) in [7, 11) is 0.904. The lowest BCUT2D eigenvalue weighted by atomic mass is 10.3. The van der Waals surface area contributed by atoms with Gasteiger partial charge in [-0.25, -0.2) is 0 Å². The van der Waals surface area contributed by atoms with Crippen molar-refractivity contribution in [2.24, 2.45) is 0 Å². The van der Waals surface area contributed by atoms with E-state index >= 15 is 0 Å². The lowest BCUT2D eigenvalue weighted by molar-refractivity contribution is 0.103. The maximum atomic E-state index is 5.65. The molecule has 0 saturated carbocycles. The van der Waals surface area contributed by atoms with Crippen LogP contribution in [-0.4, -0.2) is 36.2 Å². The number of rotatable bonds is 9. The van der Waals surface area contributed by atoms with Crippen molar-refractivity contribution in [2.75, 3.05) is 32.7 Å². The van der Waals surface area contributed by atoms with Gasteiger partial charge >= 0.3 is 8.80 Å². The first kappa shape index (κ1) is 15.2. The minimum atomic E-state index is -2.42. The first-order chi connectivity index (χ1) is 8.76. The Hall–Kier alpha value is -0.883. The van der Waals surface area contributed by atoms with Gasteiger partial charge in [0.1, 0.15) is 0 Å². The first-order valence-electron chi connectivity index (χ1n) is 6.29. The van der Waals surface area contributed by atoms with E-state index in [4.69, 9.17) is 13.3 Å². The van der Waals surface area contributed by atoms with E-state index < -0.39 is 8.80 Å². The highest BCUT2D eigenvalue weighted by Gasteiger charge is 2.37. The van der Waals surface area contributed by atoms with Crippen LogP contribution in [0.1, 0.15) is 13.3 Å². The monoisotopic (exact) mass is 269 g/mol. The van der Waals surface area contributed by atoms with Crippen LogP contribution in [0, 0.1) is 0 Å². The summed E-state index contributed by atoms with van der Waals surface area (Å²) in [6, 6.07) is 11.0. The first-order valence-corrected chi connectivity index (χ1v) is 8.22. The van der Waals surface area contributed by atoms with E-state index in [2.05, 4.69) is 17.4 Å². The second-order valence-electron chi connectivity index (χ2n) is 3.92. The van der Waals surface area contributed by atoms with Gasteiger partial charge in [0.05, 0.1) is 0 Å². The van der Waals surface area contributed by atoms with Crippen molar-refractivity contribution in [3.8, 4) is 0 Å². The molecule has 102 valence electrons. The molecule has 1 aromatic rings. The summed E-state index contributed by atoms with van der Waals surface area (Å²) >= 11 is 0. The summed E-state index contributed by atoms with van der Waals surface area (Å²) in [5.74, 6) is 0. The lowest BCUT2D eigenvalue weighted by Gasteiger charge is -2.25. The van der Waals surface area contributed by atoms with E-state index in [9.17, 15) is 0 Å². The van der Waals surface area contributed by atoms with Gasteiger partial charge in [0.2, 0.25) is 0 Å². The molecule has 0 unspecified atom stereocenters. The highest BCUT2D eigenvalue weighted by Crippen LogP contribution is 2.16. The van der Waals surface area contributed by atoms with E-state index in [0.29, 0.717) is 6.61 Å². The number of benzene rings is 1. The molecule has 0 aliphatic rings. The Labute approximate surface area is 111 Å². The van der Waals surface area contributed by atoms with Gasteiger partial charge in [0.25, 0.3) is 0 Å². The third-order valence-electron chi connectivity index (χ3n) is 2.75. The van der Waals surface area contributed by atoms with Crippen molar-refractivity contribution in [1.29, 1.82) is 0 Å². The molecule has 0 saturated heterocycles. The van der Waals surface area contributed by atoms with Crippen molar-refractivity contribution in [3.05, 3.63) is 30.3 Å². The Morgan fingerprint density at radius 3 is 2.33 bits per heavy atom. The van der Waals surface area contributed by atoms with Crippen molar-refractivity contribution in [2.45, 2.75) is 19.4 Å². The van der Waals surface area contributed by atoms with Gasteiger partial charge in [-0.3, -0.25) is 0 Å². The predicted octanol–water partition coefficient (Wildman–Crippen LogP) is 2.76. The smallest absolute Gasteiger partial charge is 0.385 e. The number of hydrogen-bond donors (Lipinski definition) is 1. The van der Waals surface area contributed by atoms with E-state index in [0.717, 1.165) is 24.7 Å². The summed E-state index contributed by atoms with van der Waals surface area (Å²) in [4.78, 5) is 0. The van der Waals surface area contributed by atoms with Gasteiger partial charge in [-0.1, -0.05) is 18.2 Å². The van der Waals surface area contributed by atoms with Crippen LogP contribution in [0.4, 0.5) is 5.69 Å². The minimum Gasteiger partial charge on any atom is -0.385 e. The summed E-state index contributed by atoms with van der Waals surface area (Å²) < 4.78 is 16.5. The van der Waals surface area contributed by atoms with E-state index in [1.807, 2.05) is 25.1 Å². The second-order valence-corrected chi connectivity index (χ2v) is 6.89. The van der Waals surface area contributed by atoms with Gasteiger partial charge in [0.15, 0.2) is 0 Å². The van der Waals surface area contributed by atoms with Crippen molar-refractivity contribution >= 4 is 14.5 Å². The van der Waals surface area contributed by atoms with E-state index in [1.54, 1.807) is 14.2 Å². The Balaban J connectivity index is 2.31. The van der Waals surface area contributed by atoms with Gasteiger partial charge < -0.3 is 18.6 Å². The Morgan fingerprint density at radius 2 is 1.78 bits per heavy atom. The van der Waals surface area contributed by atoms with Crippen LogP contribution < -0.4 is 5.32 Å². The zero-order valence-electron chi connectivity index (χ0n) is 11.4. The van der Waals surface area contributed by atoms with E-state index in [-0.39, 0.29) is 0 Å². The van der Waals surface area contributed by atoms with Crippen LogP contribution in [-0.2, 0) is 13.3 Å². The largest absolute Gasteiger partial charge is 0.500 e. The fourth-order valence-electron chi connectivity index (χ4n) is 1.79. The van der Waals surface area contributed by atoms with Crippen molar-refractivity contribution in [1.82, 2.24) is 0 Å². The molecule has 0 bridgehead atoms. The van der Waals surface area contributed by atoms with Crippen LogP contribution in [0.25, 0.3) is 0 Å². The second kappa shape index (κ2) is 8.26. The summed E-state index contributed by atoms with van der Waals surface area (Å²) in [6.45, 7) is 3.47. The molecule has 0 aliphatic heterocycles. The molecule has 1 aromatic carbocycles. The summed E-state index contributed by atoms with van der Waals surface area (Å²) in [5, 5.41) is 3.36. The van der Waals surface area contributed by atoms with Crippen molar-refractivity contribution in [3.63, 3.8) is 0 Å². The molecule has 0 spiro atoms. The zero-order valence-corrected chi connectivity index (χ0v) is 12.4. The number of hydrogen-bond acceptors (Lipinski definition) is 4. The number of para-hydroxylation sites is 1. The Bertz CT molecular complexity index is 317. The Morgan fingerprint density at radius 1 is 1.11 bits per heavy atom. The molecule has 4 nitrogen and oxygen atoms in total. The quantitative estimate of drug-likeness (QED) is 0.553. The molecule has 1 rings (SSSR count). The number of nitrogens with one attached hydrogen (secondary N) is 1. The van der Waals surface area contributed by atoms with Crippen LogP contribution >= 0.6 is 0 Å². The maximum Gasteiger partial charge on any atom is 0.500 e.